The van der Waals surface area contributed by atoms with Crippen LogP contribution in [0.1, 0.15) is 17.3 Å². The summed E-state index contributed by atoms with van der Waals surface area (Å²) in [5.41, 5.74) is 0.948. The van der Waals surface area contributed by atoms with Gasteiger partial charge in [-0.05, 0) is 25.1 Å². The second kappa shape index (κ2) is 6.49. The number of carbonyl (C=O) groups excluding carboxylic acids is 2. The van der Waals surface area contributed by atoms with Crippen LogP contribution in [0.5, 0.6) is 0 Å². The molecule has 0 saturated carbocycles. The van der Waals surface area contributed by atoms with Gasteiger partial charge in [-0.25, -0.2) is 4.79 Å². The van der Waals surface area contributed by atoms with Crippen LogP contribution in [-0.2, 0) is 14.3 Å². The summed E-state index contributed by atoms with van der Waals surface area (Å²) in [5, 5.41) is 5.88. The molecule has 1 aromatic rings. The molecule has 1 aromatic carbocycles. The van der Waals surface area contributed by atoms with Crippen LogP contribution in [0.25, 0.3) is 0 Å². The molecule has 1 saturated heterocycles. The van der Waals surface area contributed by atoms with Crippen molar-refractivity contribution < 1.29 is 19.1 Å². The second-order valence-electron chi connectivity index (χ2n) is 4.57. The van der Waals surface area contributed by atoms with Gasteiger partial charge in [-0.15, -0.1) is 0 Å². The van der Waals surface area contributed by atoms with Crippen LogP contribution >= 0.6 is 0 Å². The highest BCUT2D eigenvalue weighted by molar-refractivity contribution is 5.97. The smallest absolute Gasteiger partial charge is 0.337 e. The summed E-state index contributed by atoms with van der Waals surface area (Å²) < 4.78 is 10.1. The van der Waals surface area contributed by atoms with E-state index in [0.717, 1.165) is 0 Å². The molecule has 6 nitrogen and oxygen atoms in total. The first-order valence-electron chi connectivity index (χ1n) is 6.46. The van der Waals surface area contributed by atoms with Crippen LogP contribution in [0.15, 0.2) is 24.3 Å². The number of methoxy groups -OCH3 is 1. The minimum atomic E-state index is -0.436. The maximum Gasteiger partial charge on any atom is 0.337 e. The number of ether oxygens (including phenoxy) is 2. The second-order valence-corrected chi connectivity index (χ2v) is 4.57. The number of hydrogen-bond acceptors (Lipinski definition) is 5. The average Bonchev–Trinajstić information content (AvgIpc) is 2.47. The summed E-state index contributed by atoms with van der Waals surface area (Å²) in [6, 6.07) is 6.23. The molecule has 0 aliphatic carbocycles. The van der Waals surface area contributed by atoms with Crippen molar-refractivity contribution in [2.24, 2.45) is 0 Å². The van der Waals surface area contributed by atoms with Crippen molar-refractivity contribution in [1.29, 1.82) is 0 Å². The van der Waals surface area contributed by atoms with Crippen molar-refractivity contribution in [3.05, 3.63) is 29.8 Å². The third-order valence-corrected chi connectivity index (χ3v) is 3.15. The van der Waals surface area contributed by atoms with Crippen molar-refractivity contribution >= 4 is 17.6 Å². The van der Waals surface area contributed by atoms with Gasteiger partial charge >= 0.3 is 5.97 Å². The molecular formula is C14H18N2O4. The minimum absolute atomic E-state index is 0.181. The molecular weight excluding hydrogens is 260 g/mol. The third-order valence-electron chi connectivity index (χ3n) is 3.15. The Morgan fingerprint density at radius 3 is 2.95 bits per heavy atom. The number of amides is 1. The maximum absolute atomic E-state index is 12.2. The molecule has 1 amide bonds. The number of carbonyl (C=O) groups is 2. The number of rotatable bonds is 3. The van der Waals surface area contributed by atoms with Crippen LogP contribution < -0.4 is 10.6 Å². The maximum atomic E-state index is 12.2. The van der Waals surface area contributed by atoms with Gasteiger partial charge in [0.15, 0.2) is 0 Å². The van der Waals surface area contributed by atoms with Crippen molar-refractivity contribution in [2.45, 2.75) is 19.1 Å². The first-order valence-corrected chi connectivity index (χ1v) is 6.46. The molecule has 0 bridgehead atoms. The van der Waals surface area contributed by atoms with Crippen LogP contribution in [0, 0.1) is 0 Å². The van der Waals surface area contributed by atoms with Crippen LogP contribution in [0.4, 0.5) is 5.69 Å². The van der Waals surface area contributed by atoms with Gasteiger partial charge in [-0.2, -0.15) is 0 Å². The Morgan fingerprint density at radius 1 is 1.45 bits per heavy atom. The molecule has 2 N–H and O–H groups in total. The zero-order chi connectivity index (χ0) is 14.5. The van der Waals surface area contributed by atoms with Crippen molar-refractivity contribution in [2.75, 3.05) is 25.6 Å². The SMILES string of the molecule is COC(=O)c1cccc(NC(=O)[C@H]2NCCO[C@@H]2C)c1. The fourth-order valence-electron chi connectivity index (χ4n) is 2.09. The van der Waals surface area contributed by atoms with Gasteiger partial charge in [0.05, 0.1) is 25.4 Å². The lowest BCUT2D eigenvalue weighted by Gasteiger charge is -2.29. The Hall–Kier alpha value is -1.92. The minimum Gasteiger partial charge on any atom is -0.465 e. The Kier molecular flexibility index (Phi) is 4.70. The first-order chi connectivity index (χ1) is 9.61. The van der Waals surface area contributed by atoms with Gasteiger partial charge < -0.3 is 20.1 Å². The van der Waals surface area contributed by atoms with Crippen LogP contribution in [0.3, 0.4) is 0 Å². The van der Waals surface area contributed by atoms with E-state index >= 15 is 0 Å². The van der Waals surface area contributed by atoms with E-state index in [1.54, 1.807) is 24.3 Å². The predicted molar refractivity (Wildman–Crippen MR) is 73.6 cm³/mol. The quantitative estimate of drug-likeness (QED) is 0.799. The average molecular weight is 278 g/mol. The van der Waals surface area contributed by atoms with E-state index in [2.05, 4.69) is 15.4 Å². The van der Waals surface area contributed by atoms with Gasteiger partial charge in [-0.3, -0.25) is 4.79 Å². The Balaban J connectivity index is 2.05. The van der Waals surface area contributed by atoms with Gasteiger partial charge in [0.1, 0.15) is 6.04 Å². The zero-order valence-corrected chi connectivity index (χ0v) is 11.5. The van der Waals surface area contributed by atoms with E-state index in [-0.39, 0.29) is 12.0 Å². The molecule has 0 unspecified atom stereocenters. The molecule has 0 spiro atoms. The van der Waals surface area contributed by atoms with Gasteiger partial charge in [0, 0.05) is 12.2 Å². The van der Waals surface area contributed by atoms with E-state index in [0.29, 0.717) is 24.4 Å². The molecule has 20 heavy (non-hydrogen) atoms. The molecule has 2 rings (SSSR count). The molecule has 0 aromatic heterocycles. The summed E-state index contributed by atoms with van der Waals surface area (Å²) in [4.78, 5) is 23.6. The molecule has 1 aliphatic heterocycles. The van der Waals surface area contributed by atoms with Gasteiger partial charge in [0.2, 0.25) is 5.91 Å². The van der Waals surface area contributed by atoms with Crippen molar-refractivity contribution in [3.8, 4) is 0 Å². The highest BCUT2D eigenvalue weighted by atomic mass is 16.5. The number of nitrogens with one attached hydrogen (secondary N) is 2. The lowest BCUT2D eigenvalue weighted by atomic mass is 10.1. The number of benzene rings is 1. The van der Waals surface area contributed by atoms with Crippen molar-refractivity contribution in [3.63, 3.8) is 0 Å². The zero-order valence-electron chi connectivity index (χ0n) is 11.5. The predicted octanol–water partition coefficient (Wildman–Crippen LogP) is 0.789. The molecule has 1 heterocycles. The molecule has 108 valence electrons. The van der Waals surface area contributed by atoms with Crippen LogP contribution in [-0.4, -0.2) is 44.3 Å². The van der Waals surface area contributed by atoms with E-state index in [4.69, 9.17) is 4.74 Å². The molecule has 0 radical (unpaired) electrons. The van der Waals surface area contributed by atoms with Crippen LogP contribution in [0.2, 0.25) is 0 Å². The van der Waals surface area contributed by atoms with E-state index < -0.39 is 12.0 Å². The van der Waals surface area contributed by atoms with E-state index in [1.165, 1.54) is 7.11 Å². The molecule has 1 aliphatic rings. The normalized spacial score (nSPS) is 22.1. The van der Waals surface area contributed by atoms with Crippen molar-refractivity contribution in [1.82, 2.24) is 5.32 Å². The Bertz CT molecular complexity index is 504. The number of hydrogen-bond donors (Lipinski definition) is 2. The first kappa shape index (κ1) is 14.5. The summed E-state index contributed by atoms with van der Waals surface area (Å²) in [6.45, 7) is 3.09. The monoisotopic (exact) mass is 278 g/mol. The summed E-state index contributed by atoms with van der Waals surface area (Å²) in [6.07, 6.45) is -0.187. The molecule has 6 heteroatoms. The molecule has 2 atom stereocenters. The molecule has 1 fully saturated rings. The fraction of sp³-hybridized carbons (Fsp3) is 0.429. The number of anilines is 1. The fourth-order valence-corrected chi connectivity index (χ4v) is 2.09. The Labute approximate surface area is 117 Å². The lowest BCUT2D eigenvalue weighted by molar-refractivity contribution is -0.123. The van der Waals surface area contributed by atoms with Gasteiger partial charge in [0.25, 0.3) is 0 Å². The van der Waals surface area contributed by atoms with Gasteiger partial charge in [-0.1, -0.05) is 6.07 Å². The van der Waals surface area contributed by atoms with E-state index in [9.17, 15) is 9.59 Å². The summed E-state index contributed by atoms with van der Waals surface area (Å²) in [7, 11) is 1.32. The number of esters is 1. The third kappa shape index (κ3) is 3.34. The summed E-state index contributed by atoms with van der Waals surface area (Å²) >= 11 is 0. The summed E-state index contributed by atoms with van der Waals surface area (Å²) in [5.74, 6) is -0.618. The van der Waals surface area contributed by atoms with E-state index in [1.807, 2.05) is 6.92 Å². The number of morpholine rings is 1. The Morgan fingerprint density at radius 2 is 2.25 bits per heavy atom. The highest BCUT2D eigenvalue weighted by Gasteiger charge is 2.28. The lowest BCUT2D eigenvalue weighted by Crippen LogP contribution is -2.53. The topological polar surface area (TPSA) is 76.7 Å². The largest absolute Gasteiger partial charge is 0.465 e. The standard InChI is InChI=1S/C14H18N2O4/c1-9-12(15-6-7-20-9)13(17)16-11-5-3-4-10(8-11)14(18)19-2/h3-5,8-9,12,15H,6-7H2,1-2H3,(H,16,17)/t9-,12+/m1/s1. The highest BCUT2D eigenvalue weighted by Crippen LogP contribution is 2.13.